The van der Waals surface area contributed by atoms with Crippen LogP contribution in [0.15, 0.2) is 18.2 Å². The molecule has 2 N–H and O–H groups in total. The Labute approximate surface area is 113 Å². The Bertz CT molecular complexity index is 493. The van der Waals surface area contributed by atoms with Crippen LogP contribution in [0, 0.1) is 25.1 Å². The van der Waals surface area contributed by atoms with Gasteiger partial charge in [-0.3, -0.25) is 10.1 Å². The largest absolute Gasteiger partial charge is 0.344 e. The maximum atomic E-state index is 13.5. The maximum Gasteiger partial charge on any atom is 0.237 e. The Morgan fingerprint density at radius 3 is 2.74 bits per heavy atom. The summed E-state index contributed by atoms with van der Waals surface area (Å²) in [6.07, 6.45) is 5.07. The number of nitrogens with one attached hydrogen (secondary N) is 2. The van der Waals surface area contributed by atoms with E-state index in [2.05, 4.69) is 16.6 Å². The van der Waals surface area contributed by atoms with Crippen molar-refractivity contribution in [2.75, 3.05) is 6.54 Å². The van der Waals surface area contributed by atoms with Crippen LogP contribution < -0.4 is 10.6 Å². The number of amides is 1. The summed E-state index contributed by atoms with van der Waals surface area (Å²) < 4.78 is 13.5. The van der Waals surface area contributed by atoms with Crippen molar-refractivity contribution in [1.82, 2.24) is 10.6 Å². The molecule has 0 fully saturated rings. The molecule has 0 saturated carbocycles. The molecule has 1 amide bonds. The van der Waals surface area contributed by atoms with Crippen molar-refractivity contribution in [1.29, 1.82) is 0 Å². The fourth-order valence-electron chi connectivity index (χ4n) is 1.72. The topological polar surface area (TPSA) is 41.1 Å². The van der Waals surface area contributed by atoms with Gasteiger partial charge in [-0.15, -0.1) is 6.42 Å². The molecule has 19 heavy (non-hydrogen) atoms. The molecule has 0 aliphatic carbocycles. The van der Waals surface area contributed by atoms with Gasteiger partial charge in [-0.25, -0.2) is 4.39 Å². The molecule has 0 radical (unpaired) electrons. The van der Waals surface area contributed by atoms with E-state index in [9.17, 15) is 9.18 Å². The minimum atomic E-state index is -0.396. The molecule has 0 aromatic heterocycles. The van der Waals surface area contributed by atoms with Gasteiger partial charge < -0.3 is 5.32 Å². The lowest BCUT2D eigenvalue weighted by atomic mass is 10.1. The Morgan fingerprint density at radius 2 is 2.16 bits per heavy atom. The zero-order valence-corrected chi connectivity index (χ0v) is 11.5. The zero-order chi connectivity index (χ0) is 14.4. The SMILES string of the molecule is C#CCNC(=O)C(C)NC(C)c1ccc(C)c(F)c1. The van der Waals surface area contributed by atoms with Gasteiger partial charge in [0.25, 0.3) is 0 Å². The normalized spacial score (nSPS) is 13.4. The number of aryl methyl sites for hydroxylation is 1. The standard InChI is InChI=1S/C15H19FN2O/c1-5-8-17-15(19)12(4)18-11(3)13-7-6-10(2)14(16)9-13/h1,6-7,9,11-12,18H,8H2,2-4H3,(H,17,19). The average Bonchev–Trinajstić information content (AvgIpc) is 2.38. The predicted octanol–water partition coefficient (Wildman–Crippen LogP) is 1.92. The van der Waals surface area contributed by atoms with Crippen LogP contribution in [-0.4, -0.2) is 18.5 Å². The zero-order valence-electron chi connectivity index (χ0n) is 11.5. The van der Waals surface area contributed by atoms with Crippen LogP contribution in [0.5, 0.6) is 0 Å². The molecule has 1 aromatic rings. The van der Waals surface area contributed by atoms with Gasteiger partial charge in [0, 0.05) is 6.04 Å². The second kappa shape index (κ2) is 6.91. The van der Waals surface area contributed by atoms with Crippen LogP contribution >= 0.6 is 0 Å². The lowest BCUT2D eigenvalue weighted by Crippen LogP contribution is -2.43. The minimum absolute atomic E-state index is 0.123. The number of terminal acetylenes is 1. The maximum absolute atomic E-state index is 13.5. The first-order valence-electron chi connectivity index (χ1n) is 6.19. The van der Waals surface area contributed by atoms with E-state index in [1.807, 2.05) is 13.0 Å². The summed E-state index contributed by atoms with van der Waals surface area (Å²) in [6, 6.07) is 4.54. The third-order valence-electron chi connectivity index (χ3n) is 2.95. The lowest BCUT2D eigenvalue weighted by Gasteiger charge is -2.20. The van der Waals surface area contributed by atoms with Crippen molar-refractivity contribution in [3.05, 3.63) is 35.1 Å². The first-order valence-corrected chi connectivity index (χ1v) is 6.19. The van der Waals surface area contributed by atoms with E-state index in [4.69, 9.17) is 6.42 Å². The van der Waals surface area contributed by atoms with Crippen LogP contribution in [-0.2, 0) is 4.79 Å². The van der Waals surface area contributed by atoms with Crippen molar-refractivity contribution in [2.24, 2.45) is 0 Å². The van der Waals surface area contributed by atoms with Crippen molar-refractivity contribution in [3.63, 3.8) is 0 Å². The second-order valence-electron chi connectivity index (χ2n) is 4.54. The van der Waals surface area contributed by atoms with Gasteiger partial charge in [0.1, 0.15) is 5.82 Å². The van der Waals surface area contributed by atoms with E-state index < -0.39 is 6.04 Å². The Kier molecular flexibility index (Phi) is 5.53. The van der Waals surface area contributed by atoms with Gasteiger partial charge in [0.15, 0.2) is 0 Å². The monoisotopic (exact) mass is 262 g/mol. The van der Waals surface area contributed by atoms with E-state index in [1.165, 1.54) is 6.07 Å². The van der Waals surface area contributed by atoms with E-state index in [-0.39, 0.29) is 24.3 Å². The number of carbonyl (C=O) groups is 1. The molecule has 1 rings (SSSR count). The Hall–Kier alpha value is -1.86. The highest BCUT2D eigenvalue weighted by Gasteiger charge is 2.16. The summed E-state index contributed by atoms with van der Waals surface area (Å²) in [5, 5.41) is 5.70. The highest BCUT2D eigenvalue weighted by atomic mass is 19.1. The fraction of sp³-hybridized carbons (Fsp3) is 0.400. The summed E-state index contributed by atoms with van der Waals surface area (Å²) in [6.45, 7) is 5.55. The molecular formula is C15H19FN2O. The van der Waals surface area contributed by atoms with E-state index >= 15 is 0 Å². The number of rotatable bonds is 5. The first kappa shape index (κ1) is 15.2. The molecule has 0 bridgehead atoms. The molecule has 4 heteroatoms. The quantitative estimate of drug-likeness (QED) is 0.796. The summed E-state index contributed by atoms with van der Waals surface area (Å²) in [7, 11) is 0. The van der Waals surface area contributed by atoms with Gasteiger partial charge in [0.2, 0.25) is 5.91 Å². The molecule has 2 unspecified atom stereocenters. The van der Waals surface area contributed by atoms with E-state index in [0.717, 1.165) is 5.56 Å². The van der Waals surface area contributed by atoms with Gasteiger partial charge in [-0.1, -0.05) is 18.1 Å². The molecule has 0 aliphatic heterocycles. The van der Waals surface area contributed by atoms with Gasteiger partial charge in [0.05, 0.1) is 12.6 Å². The lowest BCUT2D eigenvalue weighted by molar-refractivity contribution is -0.122. The van der Waals surface area contributed by atoms with Crippen LogP contribution in [0.4, 0.5) is 4.39 Å². The number of benzene rings is 1. The Morgan fingerprint density at radius 1 is 1.47 bits per heavy atom. The van der Waals surface area contributed by atoms with Crippen LogP contribution in [0.3, 0.4) is 0 Å². The molecule has 102 valence electrons. The third kappa shape index (κ3) is 4.38. The molecule has 2 atom stereocenters. The fourth-order valence-corrected chi connectivity index (χ4v) is 1.72. The van der Waals surface area contributed by atoms with Crippen molar-refractivity contribution >= 4 is 5.91 Å². The summed E-state index contributed by atoms with van der Waals surface area (Å²) in [5.74, 6) is 1.93. The smallest absolute Gasteiger partial charge is 0.237 e. The molecule has 3 nitrogen and oxygen atoms in total. The number of halogens is 1. The molecule has 0 aliphatic rings. The van der Waals surface area contributed by atoms with E-state index in [0.29, 0.717) is 5.56 Å². The Balaban J connectivity index is 2.63. The molecule has 0 heterocycles. The first-order chi connectivity index (χ1) is 8.95. The highest BCUT2D eigenvalue weighted by Crippen LogP contribution is 2.16. The summed E-state index contributed by atoms with van der Waals surface area (Å²) >= 11 is 0. The number of carbonyl (C=O) groups excluding carboxylic acids is 1. The van der Waals surface area contributed by atoms with E-state index in [1.54, 1.807) is 19.9 Å². The van der Waals surface area contributed by atoms with Crippen LogP contribution in [0.1, 0.15) is 31.0 Å². The van der Waals surface area contributed by atoms with Crippen molar-refractivity contribution in [2.45, 2.75) is 32.9 Å². The predicted molar refractivity (Wildman–Crippen MR) is 74.0 cm³/mol. The van der Waals surface area contributed by atoms with Crippen LogP contribution in [0.25, 0.3) is 0 Å². The molecular weight excluding hydrogens is 243 g/mol. The molecule has 0 spiro atoms. The third-order valence-corrected chi connectivity index (χ3v) is 2.95. The molecule has 0 saturated heterocycles. The minimum Gasteiger partial charge on any atom is -0.344 e. The van der Waals surface area contributed by atoms with Crippen LogP contribution in [0.2, 0.25) is 0 Å². The summed E-state index contributed by atoms with van der Waals surface area (Å²) in [4.78, 5) is 11.6. The van der Waals surface area contributed by atoms with Gasteiger partial charge in [-0.05, 0) is 38.0 Å². The average molecular weight is 262 g/mol. The number of hydrogen-bond donors (Lipinski definition) is 2. The number of hydrogen-bond acceptors (Lipinski definition) is 2. The molecule has 1 aromatic carbocycles. The van der Waals surface area contributed by atoms with Crippen molar-refractivity contribution < 1.29 is 9.18 Å². The summed E-state index contributed by atoms with van der Waals surface area (Å²) in [5.41, 5.74) is 1.41. The second-order valence-corrected chi connectivity index (χ2v) is 4.54. The van der Waals surface area contributed by atoms with Gasteiger partial charge >= 0.3 is 0 Å². The van der Waals surface area contributed by atoms with Crippen molar-refractivity contribution in [3.8, 4) is 12.3 Å². The highest BCUT2D eigenvalue weighted by molar-refractivity contribution is 5.81. The van der Waals surface area contributed by atoms with Gasteiger partial charge in [-0.2, -0.15) is 0 Å².